The van der Waals surface area contributed by atoms with E-state index in [0.717, 1.165) is 18.0 Å². The number of hydrogen-bond donors (Lipinski definition) is 1. The van der Waals surface area contributed by atoms with Gasteiger partial charge in [0.15, 0.2) is 5.78 Å². The summed E-state index contributed by atoms with van der Waals surface area (Å²) < 4.78 is 0. The summed E-state index contributed by atoms with van der Waals surface area (Å²) in [5, 5.41) is 5.24. The van der Waals surface area contributed by atoms with E-state index in [-0.39, 0.29) is 5.78 Å². The van der Waals surface area contributed by atoms with Gasteiger partial charge in [-0.15, -0.1) is 11.3 Å². The molecule has 0 spiro atoms. The van der Waals surface area contributed by atoms with Gasteiger partial charge in [-0.3, -0.25) is 4.79 Å². The zero-order valence-electron chi connectivity index (χ0n) is 10.5. The molecule has 0 saturated carbocycles. The SMILES string of the molecule is Cc1ccc(CNCCC(=O)c2cccs2)cc1. The van der Waals surface area contributed by atoms with Gasteiger partial charge in [0, 0.05) is 19.5 Å². The number of benzene rings is 1. The molecular weight excluding hydrogens is 242 g/mol. The van der Waals surface area contributed by atoms with E-state index in [2.05, 4.69) is 36.5 Å². The number of Topliss-reactive ketones (excluding diaryl/α,β-unsaturated/α-hetero) is 1. The van der Waals surface area contributed by atoms with Crippen LogP contribution in [-0.4, -0.2) is 12.3 Å². The molecule has 18 heavy (non-hydrogen) atoms. The van der Waals surface area contributed by atoms with Crippen LogP contribution in [0.25, 0.3) is 0 Å². The monoisotopic (exact) mass is 259 g/mol. The molecule has 1 aromatic carbocycles. The molecule has 0 unspecified atom stereocenters. The van der Waals surface area contributed by atoms with Crippen molar-refractivity contribution in [2.45, 2.75) is 19.9 Å². The molecule has 0 aliphatic rings. The Balaban J connectivity index is 1.70. The molecule has 1 heterocycles. The molecule has 0 radical (unpaired) electrons. The Morgan fingerprint density at radius 3 is 2.67 bits per heavy atom. The molecule has 94 valence electrons. The van der Waals surface area contributed by atoms with Crippen molar-refractivity contribution in [2.24, 2.45) is 0 Å². The third kappa shape index (κ3) is 3.79. The van der Waals surface area contributed by atoms with Gasteiger partial charge in [0.1, 0.15) is 0 Å². The first-order valence-electron chi connectivity index (χ1n) is 6.08. The Morgan fingerprint density at radius 1 is 1.22 bits per heavy atom. The van der Waals surface area contributed by atoms with E-state index in [1.807, 2.05) is 17.5 Å². The molecule has 0 bridgehead atoms. The Bertz CT molecular complexity index is 488. The molecule has 0 atom stereocenters. The van der Waals surface area contributed by atoms with Crippen molar-refractivity contribution in [3.05, 3.63) is 57.8 Å². The Kier molecular flexibility index (Phi) is 4.67. The summed E-state index contributed by atoms with van der Waals surface area (Å²) in [5.74, 6) is 0.224. The zero-order chi connectivity index (χ0) is 12.8. The second-order valence-corrected chi connectivity index (χ2v) is 5.26. The Hall–Kier alpha value is -1.45. The number of carbonyl (C=O) groups is 1. The molecular formula is C15H17NOS. The van der Waals surface area contributed by atoms with Crippen molar-refractivity contribution in [1.82, 2.24) is 5.32 Å². The number of aryl methyl sites for hydroxylation is 1. The predicted octanol–water partition coefficient (Wildman–Crippen LogP) is 3.42. The number of thiophene rings is 1. The minimum Gasteiger partial charge on any atom is -0.312 e. The summed E-state index contributed by atoms with van der Waals surface area (Å²) in [6.07, 6.45) is 0.562. The summed E-state index contributed by atoms with van der Waals surface area (Å²) in [7, 11) is 0. The van der Waals surface area contributed by atoms with Crippen LogP contribution >= 0.6 is 11.3 Å². The molecule has 0 aliphatic heterocycles. The molecule has 0 fully saturated rings. The first kappa shape index (κ1) is 13.0. The summed E-state index contributed by atoms with van der Waals surface area (Å²) in [4.78, 5) is 12.6. The van der Waals surface area contributed by atoms with Crippen molar-refractivity contribution in [2.75, 3.05) is 6.54 Å². The average molecular weight is 259 g/mol. The maximum Gasteiger partial charge on any atom is 0.174 e. The van der Waals surface area contributed by atoms with Gasteiger partial charge in [-0.25, -0.2) is 0 Å². The van der Waals surface area contributed by atoms with Crippen molar-refractivity contribution in [1.29, 1.82) is 0 Å². The lowest BCUT2D eigenvalue weighted by atomic mass is 10.1. The first-order chi connectivity index (χ1) is 8.75. The van der Waals surface area contributed by atoms with E-state index in [1.54, 1.807) is 0 Å². The van der Waals surface area contributed by atoms with Crippen molar-refractivity contribution in [3.8, 4) is 0 Å². The molecule has 0 amide bonds. The van der Waals surface area contributed by atoms with Crippen LogP contribution in [0, 0.1) is 6.92 Å². The number of hydrogen-bond acceptors (Lipinski definition) is 3. The molecule has 2 rings (SSSR count). The highest BCUT2D eigenvalue weighted by molar-refractivity contribution is 7.12. The van der Waals surface area contributed by atoms with Gasteiger partial charge >= 0.3 is 0 Å². The highest BCUT2D eigenvalue weighted by Crippen LogP contribution is 2.10. The van der Waals surface area contributed by atoms with Crippen molar-refractivity contribution >= 4 is 17.1 Å². The molecule has 3 heteroatoms. The summed E-state index contributed by atoms with van der Waals surface area (Å²) >= 11 is 1.51. The van der Waals surface area contributed by atoms with Gasteiger partial charge in [0.2, 0.25) is 0 Å². The third-order valence-electron chi connectivity index (χ3n) is 2.77. The maximum atomic E-state index is 11.7. The fraction of sp³-hybridized carbons (Fsp3) is 0.267. The van der Waals surface area contributed by atoms with E-state index in [9.17, 15) is 4.79 Å². The zero-order valence-corrected chi connectivity index (χ0v) is 11.3. The number of rotatable bonds is 6. The minimum absolute atomic E-state index is 0.224. The molecule has 2 nitrogen and oxygen atoms in total. The largest absolute Gasteiger partial charge is 0.312 e. The molecule has 2 aromatic rings. The normalized spacial score (nSPS) is 10.5. The maximum absolute atomic E-state index is 11.7. The average Bonchev–Trinajstić information content (AvgIpc) is 2.90. The van der Waals surface area contributed by atoms with Gasteiger partial charge in [-0.1, -0.05) is 35.9 Å². The topological polar surface area (TPSA) is 29.1 Å². The Labute approximate surface area is 112 Å². The highest BCUT2D eigenvalue weighted by Gasteiger charge is 2.05. The van der Waals surface area contributed by atoms with E-state index in [1.165, 1.54) is 22.5 Å². The fourth-order valence-corrected chi connectivity index (χ4v) is 2.40. The van der Waals surface area contributed by atoms with Crippen LogP contribution in [-0.2, 0) is 6.54 Å². The Morgan fingerprint density at radius 2 is 2.00 bits per heavy atom. The lowest BCUT2D eigenvalue weighted by Gasteiger charge is -2.04. The summed E-state index contributed by atoms with van der Waals surface area (Å²) in [6.45, 7) is 3.62. The van der Waals surface area contributed by atoms with Crippen LogP contribution < -0.4 is 5.32 Å². The smallest absolute Gasteiger partial charge is 0.174 e. The third-order valence-corrected chi connectivity index (χ3v) is 3.69. The van der Waals surface area contributed by atoms with Gasteiger partial charge in [-0.2, -0.15) is 0 Å². The summed E-state index contributed by atoms with van der Waals surface area (Å²) in [5.41, 5.74) is 2.52. The molecule has 1 N–H and O–H groups in total. The second kappa shape index (κ2) is 6.47. The van der Waals surface area contributed by atoms with Gasteiger partial charge in [-0.05, 0) is 23.9 Å². The lowest BCUT2D eigenvalue weighted by Crippen LogP contribution is -2.17. The van der Waals surface area contributed by atoms with Crippen LogP contribution in [0.2, 0.25) is 0 Å². The standard InChI is InChI=1S/C15H17NOS/c1-12-4-6-13(7-5-12)11-16-9-8-14(17)15-3-2-10-18-15/h2-7,10,16H,8-9,11H2,1H3. The van der Waals surface area contributed by atoms with Gasteiger partial charge in [0.05, 0.1) is 4.88 Å². The number of nitrogens with one attached hydrogen (secondary N) is 1. The van der Waals surface area contributed by atoms with E-state index >= 15 is 0 Å². The van der Waals surface area contributed by atoms with Crippen LogP contribution in [0.1, 0.15) is 27.2 Å². The van der Waals surface area contributed by atoms with E-state index in [0.29, 0.717) is 6.42 Å². The molecule has 1 aromatic heterocycles. The molecule has 0 aliphatic carbocycles. The van der Waals surface area contributed by atoms with Crippen molar-refractivity contribution in [3.63, 3.8) is 0 Å². The first-order valence-corrected chi connectivity index (χ1v) is 6.96. The van der Waals surface area contributed by atoms with Crippen molar-refractivity contribution < 1.29 is 4.79 Å². The highest BCUT2D eigenvalue weighted by atomic mass is 32.1. The summed E-state index contributed by atoms with van der Waals surface area (Å²) in [6, 6.07) is 12.2. The van der Waals surface area contributed by atoms with E-state index < -0.39 is 0 Å². The van der Waals surface area contributed by atoms with Crippen LogP contribution in [0.5, 0.6) is 0 Å². The molecule has 0 saturated heterocycles. The second-order valence-electron chi connectivity index (χ2n) is 4.31. The van der Waals surface area contributed by atoms with E-state index in [4.69, 9.17) is 0 Å². The number of ketones is 1. The lowest BCUT2D eigenvalue weighted by molar-refractivity contribution is 0.0986. The fourth-order valence-electron chi connectivity index (χ4n) is 1.70. The van der Waals surface area contributed by atoms with Gasteiger partial charge in [0.25, 0.3) is 0 Å². The predicted molar refractivity (Wildman–Crippen MR) is 76.2 cm³/mol. The number of carbonyl (C=O) groups excluding carboxylic acids is 1. The quantitative estimate of drug-likeness (QED) is 0.636. The van der Waals surface area contributed by atoms with Gasteiger partial charge < -0.3 is 5.32 Å². The van der Waals surface area contributed by atoms with Crippen LogP contribution in [0.15, 0.2) is 41.8 Å². The van der Waals surface area contributed by atoms with Crippen LogP contribution in [0.4, 0.5) is 0 Å². The van der Waals surface area contributed by atoms with Crippen LogP contribution in [0.3, 0.4) is 0 Å². The minimum atomic E-state index is 0.224.